The Kier molecular flexibility index (Phi) is 6.18. The molecular formula is C11H13ClNO3-. The molecule has 88 valence electrons. The lowest BCUT2D eigenvalue weighted by atomic mass is 10.1. The van der Waals surface area contributed by atoms with Gasteiger partial charge >= 0.3 is 5.97 Å². The number of rotatable bonds is 4. The van der Waals surface area contributed by atoms with E-state index in [1.165, 1.54) is 0 Å². The summed E-state index contributed by atoms with van der Waals surface area (Å²) in [4.78, 5) is 15.0. The van der Waals surface area contributed by atoms with Gasteiger partial charge < -0.3 is 22.3 Å². The number of aromatic nitrogens is 1. The van der Waals surface area contributed by atoms with Gasteiger partial charge in [-0.3, -0.25) is 4.98 Å². The Labute approximate surface area is 100 Å². The van der Waals surface area contributed by atoms with E-state index in [-0.39, 0.29) is 12.4 Å². The molecule has 0 spiro atoms. The Hall–Kier alpha value is -1.55. The van der Waals surface area contributed by atoms with E-state index in [2.05, 4.69) is 11.6 Å². The van der Waals surface area contributed by atoms with E-state index in [0.29, 0.717) is 6.42 Å². The summed E-state index contributed by atoms with van der Waals surface area (Å²) >= 11 is 0. The van der Waals surface area contributed by atoms with Crippen LogP contribution in [0.4, 0.5) is 0 Å². The van der Waals surface area contributed by atoms with Crippen LogP contribution in [0.15, 0.2) is 36.9 Å². The van der Waals surface area contributed by atoms with Crippen LogP contribution in [0.25, 0.3) is 0 Å². The third-order valence-electron chi connectivity index (χ3n) is 1.91. The van der Waals surface area contributed by atoms with Gasteiger partial charge in [-0.05, 0) is 19.1 Å². The van der Waals surface area contributed by atoms with Crippen LogP contribution >= 0.6 is 0 Å². The lowest BCUT2D eigenvalue weighted by Crippen LogP contribution is -3.00. The molecule has 1 aromatic heterocycles. The van der Waals surface area contributed by atoms with Gasteiger partial charge in [0, 0.05) is 18.0 Å². The van der Waals surface area contributed by atoms with Crippen LogP contribution in [0.1, 0.15) is 25.0 Å². The molecule has 1 aromatic rings. The number of aliphatic hydroxyl groups excluding tert-OH is 1. The molecule has 0 amide bonds. The number of carbonyl (C=O) groups excluding carboxylic acids is 1. The monoisotopic (exact) mass is 242 g/mol. The van der Waals surface area contributed by atoms with Gasteiger partial charge in [-0.25, -0.2) is 4.79 Å². The van der Waals surface area contributed by atoms with Gasteiger partial charge in [-0.2, -0.15) is 0 Å². The number of ether oxygens (including phenoxy) is 1. The third-order valence-corrected chi connectivity index (χ3v) is 1.91. The normalized spacial score (nSPS) is 11.1. The minimum absolute atomic E-state index is 0. The van der Waals surface area contributed by atoms with Crippen molar-refractivity contribution in [1.82, 2.24) is 4.98 Å². The molecule has 0 saturated heterocycles. The van der Waals surface area contributed by atoms with Crippen LogP contribution in [-0.2, 0) is 9.53 Å². The Morgan fingerprint density at radius 3 is 2.81 bits per heavy atom. The first-order valence-electron chi connectivity index (χ1n) is 4.64. The van der Waals surface area contributed by atoms with Crippen LogP contribution < -0.4 is 12.4 Å². The Bertz CT molecular complexity index is 354. The van der Waals surface area contributed by atoms with Crippen LogP contribution in [0.5, 0.6) is 0 Å². The number of esters is 1. The molecule has 0 aliphatic rings. The van der Waals surface area contributed by atoms with E-state index in [9.17, 15) is 4.79 Å². The van der Waals surface area contributed by atoms with Gasteiger partial charge in [0.15, 0.2) is 5.76 Å². The highest BCUT2D eigenvalue weighted by atomic mass is 35.5. The van der Waals surface area contributed by atoms with Crippen molar-refractivity contribution in [2.75, 3.05) is 0 Å². The quantitative estimate of drug-likeness (QED) is 0.425. The predicted octanol–water partition coefficient (Wildman–Crippen LogP) is -0.848. The van der Waals surface area contributed by atoms with Gasteiger partial charge in [0.2, 0.25) is 0 Å². The maximum atomic E-state index is 11.1. The van der Waals surface area contributed by atoms with Crippen molar-refractivity contribution in [1.29, 1.82) is 0 Å². The highest BCUT2D eigenvalue weighted by molar-refractivity contribution is 5.85. The average molecular weight is 243 g/mol. The highest BCUT2D eigenvalue weighted by Gasteiger charge is 2.16. The van der Waals surface area contributed by atoms with Crippen LogP contribution in [0.2, 0.25) is 0 Å². The van der Waals surface area contributed by atoms with Crippen LogP contribution in [0, 0.1) is 0 Å². The summed E-state index contributed by atoms with van der Waals surface area (Å²) in [5, 5.41) is 8.83. The number of carbonyl (C=O) groups is 1. The number of nitrogens with zero attached hydrogens (tertiary/aromatic N) is 1. The van der Waals surface area contributed by atoms with Crippen molar-refractivity contribution in [3.8, 4) is 0 Å². The zero-order valence-electron chi connectivity index (χ0n) is 8.89. The number of pyridine rings is 1. The molecule has 1 unspecified atom stereocenters. The Balaban J connectivity index is 0.00000225. The first-order chi connectivity index (χ1) is 7.15. The second kappa shape index (κ2) is 6.85. The van der Waals surface area contributed by atoms with Gasteiger partial charge in [0.25, 0.3) is 0 Å². The molecule has 1 heterocycles. The summed E-state index contributed by atoms with van der Waals surface area (Å²) in [5.41, 5.74) is 0.801. The molecule has 4 nitrogen and oxygen atoms in total. The van der Waals surface area contributed by atoms with Crippen molar-refractivity contribution in [2.24, 2.45) is 0 Å². The van der Waals surface area contributed by atoms with Gasteiger partial charge in [0.1, 0.15) is 6.10 Å². The third kappa shape index (κ3) is 3.90. The van der Waals surface area contributed by atoms with Crippen molar-refractivity contribution >= 4 is 5.97 Å². The fourth-order valence-electron chi connectivity index (χ4n) is 1.15. The molecule has 16 heavy (non-hydrogen) atoms. The molecule has 0 fully saturated rings. The molecule has 0 aliphatic heterocycles. The van der Waals surface area contributed by atoms with E-state index in [0.717, 1.165) is 5.56 Å². The fraction of sp³-hybridized carbons (Fsp3) is 0.273. The van der Waals surface area contributed by atoms with Gasteiger partial charge in [-0.1, -0.05) is 13.0 Å². The molecule has 0 saturated carbocycles. The molecule has 1 atom stereocenters. The summed E-state index contributed by atoms with van der Waals surface area (Å²) in [7, 11) is 0. The summed E-state index contributed by atoms with van der Waals surface area (Å²) in [6, 6.07) is 3.58. The molecular weight excluding hydrogens is 230 g/mol. The molecule has 5 heteroatoms. The Morgan fingerprint density at radius 2 is 2.38 bits per heavy atom. The van der Waals surface area contributed by atoms with E-state index in [1.54, 1.807) is 18.5 Å². The molecule has 1 rings (SSSR count). The lowest BCUT2D eigenvalue weighted by molar-refractivity contribution is -0.147. The summed E-state index contributed by atoms with van der Waals surface area (Å²) in [5.74, 6) is -1.39. The van der Waals surface area contributed by atoms with Crippen molar-refractivity contribution in [2.45, 2.75) is 19.4 Å². The first-order valence-corrected chi connectivity index (χ1v) is 4.64. The number of halogens is 1. The molecule has 0 radical (unpaired) electrons. The molecule has 1 N–H and O–H groups in total. The molecule has 0 bridgehead atoms. The van der Waals surface area contributed by atoms with Gasteiger partial charge in [-0.15, -0.1) is 0 Å². The Morgan fingerprint density at radius 1 is 1.69 bits per heavy atom. The molecule has 0 aromatic carbocycles. The van der Waals surface area contributed by atoms with Crippen LogP contribution in [-0.4, -0.2) is 16.1 Å². The lowest BCUT2D eigenvalue weighted by Gasteiger charge is -2.15. The zero-order valence-corrected chi connectivity index (χ0v) is 9.65. The van der Waals surface area contributed by atoms with Gasteiger partial charge in [0.05, 0.1) is 0 Å². The number of aliphatic hydroxyl groups is 1. The second-order valence-electron chi connectivity index (χ2n) is 3.04. The van der Waals surface area contributed by atoms with Crippen LogP contribution in [0.3, 0.4) is 0 Å². The maximum Gasteiger partial charge on any atom is 0.373 e. The average Bonchev–Trinajstić information content (AvgIpc) is 2.26. The van der Waals surface area contributed by atoms with E-state index in [1.807, 2.05) is 13.0 Å². The zero-order chi connectivity index (χ0) is 11.3. The number of hydrogen-bond acceptors (Lipinski definition) is 4. The highest BCUT2D eigenvalue weighted by Crippen LogP contribution is 2.20. The topological polar surface area (TPSA) is 59.4 Å². The summed E-state index contributed by atoms with van der Waals surface area (Å²) < 4.78 is 5.02. The summed E-state index contributed by atoms with van der Waals surface area (Å²) in [6.45, 7) is 4.98. The molecule has 0 aliphatic carbocycles. The van der Waals surface area contributed by atoms with Crippen molar-refractivity contribution in [3.05, 3.63) is 42.4 Å². The largest absolute Gasteiger partial charge is 1.00 e. The smallest absolute Gasteiger partial charge is 0.373 e. The van der Waals surface area contributed by atoms with E-state index >= 15 is 0 Å². The number of hydrogen-bond donors (Lipinski definition) is 1. The second-order valence-corrected chi connectivity index (χ2v) is 3.04. The maximum absolute atomic E-state index is 11.1. The fourth-order valence-corrected chi connectivity index (χ4v) is 1.15. The summed E-state index contributed by atoms with van der Waals surface area (Å²) in [6.07, 6.45) is 3.49. The minimum Gasteiger partial charge on any atom is -1.00 e. The van der Waals surface area contributed by atoms with E-state index < -0.39 is 17.8 Å². The van der Waals surface area contributed by atoms with E-state index in [4.69, 9.17) is 9.84 Å². The minimum atomic E-state index is -0.800. The SMILES string of the molecule is C=C(O)C(=O)OC(CC)c1cccnc1.[Cl-]. The predicted molar refractivity (Wildman–Crippen MR) is 55.1 cm³/mol. The standard InChI is InChI=1S/C11H13NO3.ClH/c1-3-10(15-11(14)8(2)13)9-5-4-6-12-7-9;/h4-7,10,13H,2-3H2,1H3;1H/p-1. The van der Waals surface area contributed by atoms with Crippen molar-refractivity contribution in [3.63, 3.8) is 0 Å². The first kappa shape index (κ1) is 14.5. The van der Waals surface area contributed by atoms with Crippen molar-refractivity contribution < 1.29 is 27.0 Å².